The van der Waals surface area contributed by atoms with Crippen molar-refractivity contribution in [2.75, 3.05) is 13.7 Å². The van der Waals surface area contributed by atoms with Gasteiger partial charge >= 0.3 is 0 Å². The van der Waals surface area contributed by atoms with Crippen LogP contribution in [0.1, 0.15) is 45.2 Å². The highest BCUT2D eigenvalue weighted by Crippen LogP contribution is 2.25. The molecule has 1 aromatic carbocycles. The van der Waals surface area contributed by atoms with E-state index in [1.54, 1.807) is 7.11 Å². The van der Waals surface area contributed by atoms with Gasteiger partial charge in [-0.3, -0.25) is 0 Å². The second kappa shape index (κ2) is 8.18. The molecule has 0 aliphatic rings. The fourth-order valence-corrected chi connectivity index (χ4v) is 2.30. The van der Waals surface area contributed by atoms with Gasteiger partial charge in [-0.25, -0.2) is 0 Å². The van der Waals surface area contributed by atoms with E-state index in [4.69, 9.17) is 9.84 Å². The van der Waals surface area contributed by atoms with E-state index in [0.29, 0.717) is 18.0 Å². The first-order valence-electron chi connectivity index (χ1n) is 7.13. The summed E-state index contributed by atoms with van der Waals surface area (Å²) in [6.45, 7) is 6.82. The standard InChI is InChI=1S/C16H27NO2/c1-5-14(10-11-18)17-16(12(2)3)13-6-8-15(19-4)9-7-13/h6-9,12,14,16-18H,5,10-11H2,1-4H3. The van der Waals surface area contributed by atoms with Gasteiger partial charge in [-0.15, -0.1) is 0 Å². The maximum atomic E-state index is 9.10. The molecule has 2 N–H and O–H groups in total. The molecule has 108 valence electrons. The van der Waals surface area contributed by atoms with Crippen molar-refractivity contribution in [1.82, 2.24) is 5.32 Å². The molecule has 0 aromatic heterocycles. The molecule has 1 aromatic rings. The van der Waals surface area contributed by atoms with E-state index < -0.39 is 0 Å². The van der Waals surface area contributed by atoms with Gasteiger partial charge < -0.3 is 15.2 Å². The molecule has 19 heavy (non-hydrogen) atoms. The van der Waals surface area contributed by atoms with Gasteiger partial charge in [-0.05, 0) is 36.5 Å². The molecule has 3 heteroatoms. The van der Waals surface area contributed by atoms with Crippen LogP contribution >= 0.6 is 0 Å². The Morgan fingerprint density at radius 2 is 1.84 bits per heavy atom. The van der Waals surface area contributed by atoms with Crippen LogP contribution in [0.2, 0.25) is 0 Å². The minimum absolute atomic E-state index is 0.235. The SMILES string of the molecule is CCC(CCO)NC(c1ccc(OC)cc1)C(C)C. The van der Waals surface area contributed by atoms with Crippen molar-refractivity contribution in [3.63, 3.8) is 0 Å². The summed E-state index contributed by atoms with van der Waals surface area (Å²) in [4.78, 5) is 0. The Morgan fingerprint density at radius 3 is 2.26 bits per heavy atom. The lowest BCUT2D eigenvalue weighted by Gasteiger charge is -2.28. The van der Waals surface area contributed by atoms with Crippen LogP contribution in [0.15, 0.2) is 24.3 Å². The van der Waals surface area contributed by atoms with Crippen molar-refractivity contribution in [1.29, 1.82) is 0 Å². The minimum atomic E-state index is 0.235. The average molecular weight is 265 g/mol. The van der Waals surface area contributed by atoms with Crippen LogP contribution in [0.3, 0.4) is 0 Å². The van der Waals surface area contributed by atoms with Crippen molar-refractivity contribution >= 4 is 0 Å². The van der Waals surface area contributed by atoms with Gasteiger partial charge in [0.15, 0.2) is 0 Å². The fraction of sp³-hybridized carbons (Fsp3) is 0.625. The molecule has 0 radical (unpaired) electrons. The third kappa shape index (κ3) is 4.84. The van der Waals surface area contributed by atoms with Gasteiger partial charge in [0.2, 0.25) is 0 Å². The van der Waals surface area contributed by atoms with Gasteiger partial charge in [0, 0.05) is 18.7 Å². The van der Waals surface area contributed by atoms with Crippen molar-refractivity contribution in [3.8, 4) is 5.75 Å². The molecule has 0 saturated carbocycles. The topological polar surface area (TPSA) is 41.5 Å². The first-order chi connectivity index (χ1) is 9.12. The number of hydrogen-bond donors (Lipinski definition) is 2. The van der Waals surface area contributed by atoms with Crippen LogP contribution in [0.5, 0.6) is 5.75 Å². The molecule has 0 heterocycles. The van der Waals surface area contributed by atoms with E-state index in [1.807, 2.05) is 12.1 Å². The predicted octanol–water partition coefficient (Wildman–Crippen LogP) is 3.14. The van der Waals surface area contributed by atoms with Crippen LogP contribution in [0.25, 0.3) is 0 Å². The minimum Gasteiger partial charge on any atom is -0.497 e. The Kier molecular flexibility index (Phi) is 6.89. The molecule has 0 spiro atoms. The maximum Gasteiger partial charge on any atom is 0.118 e. The molecule has 0 amide bonds. The highest BCUT2D eigenvalue weighted by Gasteiger charge is 2.19. The van der Waals surface area contributed by atoms with E-state index in [0.717, 1.165) is 18.6 Å². The van der Waals surface area contributed by atoms with Gasteiger partial charge in [0.25, 0.3) is 0 Å². The van der Waals surface area contributed by atoms with E-state index in [1.165, 1.54) is 5.56 Å². The molecule has 0 bridgehead atoms. The van der Waals surface area contributed by atoms with Crippen molar-refractivity contribution in [3.05, 3.63) is 29.8 Å². The molecular formula is C16H27NO2. The van der Waals surface area contributed by atoms with Crippen molar-refractivity contribution in [2.45, 2.75) is 45.7 Å². The monoisotopic (exact) mass is 265 g/mol. The van der Waals surface area contributed by atoms with Gasteiger partial charge in [0.05, 0.1) is 7.11 Å². The number of methoxy groups -OCH3 is 1. The molecule has 0 fully saturated rings. The lowest BCUT2D eigenvalue weighted by molar-refractivity contribution is 0.246. The van der Waals surface area contributed by atoms with E-state index in [9.17, 15) is 0 Å². The van der Waals surface area contributed by atoms with Crippen LogP contribution in [-0.2, 0) is 0 Å². The summed E-state index contributed by atoms with van der Waals surface area (Å²) in [6, 6.07) is 8.89. The zero-order chi connectivity index (χ0) is 14.3. The Bertz CT molecular complexity index is 348. The van der Waals surface area contributed by atoms with Crippen LogP contribution in [-0.4, -0.2) is 24.9 Å². The number of hydrogen-bond acceptors (Lipinski definition) is 3. The Labute approximate surface area is 117 Å². The number of aliphatic hydroxyl groups excluding tert-OH is 1. The summed E-state index contributed by atoms with van der Waals surface area (Å²) in [7, 11) is 1.68. The average Bonchev–Trinajstić information content (AvgIpc) is 2.43. The molecule has 0 aliphatic heterocycles. The zero-order valence-corrected chi connectivity index (χ0v) is 12.5. The number of benzene rings is 1. The Hall–Kier alpha value is -1.06. The van der Waals surface area contributed by atoms with E-state index in [-0.39, 0.29) is 6.61 Å². The van der Waals surface area contributed by atoms with E-state index >= 15 is 0 Å². The first kappa shape index (κ1) is 16.0. The lowest BCUT2D eigenvalue weighted by Crippen LogP contribution is -2.35. The molecule has 0 aliphatic carbocycles. The Morgan fingerprint density at radius 1 is 1.21 bits per heavy atom. The Balaban J connectivity index is 2.80. The quantitative estimate of drug-likeness (QED) is 0.758. The van der Waals surface area contributed by atoms with Crippen LogP contribution in [0.4, 0.5) is 0 Å². The third-order valence-corrected chi connectivity index (χ3v) is 3.53. The molecule has 1 rings (SSSR count). The highest BCUT2D eigenvalue weighted by molar-refractivity contribution is 5.29. The maximum absolute atomic E-state index is 9.10. The lowest BCUT2D eigenvalue weighted by atomic mass is 9.94. The van der Waals surface area contributed by atoms with E-state index in [2.05, 4.69) is 38.2 Å². The highest BCUT2D eigenvalue weighted by atomic mass is 16.5. The molecule has 3 nitrogen and oxygen atoms in total. The molecular weight excluding hydrogens is 238 g/mol. The summed E-state index contributed by atoms with van der Waals surface area (Å²) in [5.41, 5.74) is 1.27. The molecule has 2 unspecified atom stereocenters. The number of ether oxygens (including phenoxy) is 1. The van der Waals surface area contributed by atoms with Gasteiger partial charge in [-0.2, -0.15) is 0 Å². The number of rotatable bonds is 8. The summed E-state index contributed by atoms with van der Waals surface area (Å²) < 4.78 is 5.20. The summed E-state index contributed by atoms with van der Waals surface area (Å²) >= 11 is 0. The van der Waals surface area contributed by atoms with Crippen molar-refractivity contribution in [2.24, 2.45) is 5.92 Å². The second-order valence-electron chi connectivity index (χ2n) is 5.28. The number of nitrogens with one attached hydrogen (secondary N) is 1. The molecule has 2 atom stereocenters. The summed E-state index contributed by atoms with van der Waals surface area (Å²) in [6.07, 6.45) is 1.83. The van der Waals surface area contributed by atoms with Crippen LogP contribution < -0.4 is 10.1 Å². The third-order valence-electron chi connectivity index (χ3n) is 3.53. The predicted molar refractivity (Wildman–Crippen MR) is 79.5 cm³/mol. The number of aliphatic hydroxyl groups is 1. The largest absolute Gasteiger partial charge is 0.497 e. The molecule has 0 saturated heterocycles. The van der Waals surface area contributed by atoms with Crippen LogP contribution in [0, 0.1) is 5.92 Å². The summed E-state index contributed by atoms with van der Waals surface area (Å²) in [5, 5.41) is 12.8. The normalized spacial score (nSPS) is 14.4. The summed E-state index contributed by atoms with van der Waals surface area (Å²) in [5.74, 6) is 1.38. The zero-order valence-electron chi connectivity index (χ0n) is 12.5. The fourth-order valence-electron chi connectivity index (χ4n) is 2.30. The second-order valence-corrected chi connectivity index (χ2v) is 5.28. The first-order valence-corrected chi connectivity index (χ1v) is 7.13. The van der Waals surface area contributed by atoms with Gasteiger partial charge in [-0.1, -0.05) is 32.9 Å². The van der Waals surface area contributed by atoms with Gasteiger partial charge in [0.1, 0.15) is 5.75 Å². The smallest absolute Gasteiger partial charge is 0.118 e. The van der Waals surface area contributed by atoms with Crippen molar-refractivity contribution < 1.29 is 9.84 Å².